The Labute approximate surface area is 104 Å². The van der Waals surface area contributed by atoms with Crippen molar-refractivity contribution < 1.29 is 14.3 Å². The standard InChI is InChI=1S/C14H13NO3/c1-9(18-8-16)12-7-15-6-5-13(17)11-4-2-3-10(12)14(11)15/h2-4,7-9H,5-6H2,1H3. The number of rotatable bonds is 3. The molecule has 3 rings (SSSR count). The molecule has 1 atom stereocenters. The van der Waals surface area contributed by atoms with E-state index < -0.39 is 0 Å². The molecule has 0 spiro atoms. The first-order chi connectivity index (χ1) is 8.72. The third-order valence-electron chi connectivity index (χ3n) is 3.51. The van der Waals surface area contributed by atoms with E-state index in [1.54, 1.807) is 0 Å². The van der Waals surface area contributed by atoms with Gasteiger partial charge >= 0.3 is 0 Å². The second-order valence-corrected chi connectivity index (χ2v) is 4.53. The number of aromatic nitrogens is 1. The molecule has 18 heavy (non-hydrogen) atoms. The first-order valence-corrected chi connectivity index (χ1v) is 5.96. The van der Waals surface area contributed by atoms with E-state index >= 15 is 0 Å². The fourth-order valence-electron chi connectivity index (χ4n) is 2.63. The zero-order valence-corrected chi connectivity index (χ0v) is 10.1. The van der Waals surface area contributed by atoms with Crippen LogP contribution >= 0.6 is 0 Å². The van der Waals surface area contributed by atoms with Gasteiger partial charge in [0.15, 0.2) is 5.78 Å². The zero-order valence-electron chi connectivity index (χ0n) is 10.1. The van der Waals surface area contributed by atoms with Gasteiger partial charge in [-0.05, 0) is 13.0 Å². The fourth-order valence-corrected chi connectivity index (χ4v) is 2.63. The first-order valence-electron chi connectivity index (χ1n) is 5.96. The van der Waals surface area contributed by atoms with Gasteiger partial charge in [-0.1, -0.05) is 12.1 Å². The molecule has 2 heterocycles. The predicted octanol–water partition coefficient (Wildman–Crippen LogP) is 2.46. The van der Waals surface area contributed by atoms with Gasteiger partial charge in [-0.15, -0.1) is 0 Å². The largest absolute Gasteiger partial charge is 0.460 e. The highest BCUT2D eigenvalue weighted by Crippen LogP contribution is 2.33. The van der Waals surface area contributed by atoms with Crippen molar-refractivity contribution in [2.45, 2.75) is 26.0 Å². The number of ether oxygens (including phenoxy) is 1. The van der Waals surface area contributed by atoms with Gasteiger partial charge in [-0.2, -0.15) is 0 Å². The predicted molar refractivity (Wildman–Crippen MR) is 66.4 cm³/mol. The Balaban J connectivity index is 2.25. The van der Waals surface area contributed by atoms with E-state index in [0.29, 0.717) is 19.4 Å². The molecule has 1 unspecified atom stereocenters. The summed E-state index contributed by atoms with van der Waals surface area (Å²) in [4.78, 5) is 22.3. The molecule has 1 aromatic carbocycles. The number of para-hydroxylation sites is 1. The van der Waals surface area contributed by atoms with E-state index in [1.165, 1.54) is 0 Å². The minimum atomic E-state index is -0.297. The van der Waals surface area contributed by atoms with Gasteiger partial charge in [0, 0.05) is 35.7 Å². The van der Waals surface area contributed by atoms with E-state index in [4.69, 9.17) is 4.74 Å². The smallest absolute Gasteiger partial charge is 0.293 e. The highest BCUT2D eigenvalue weighted by molar-refractivity contribution is 6.09. The minimum Gasteiger partial charge on any atom is -0.460 e. The number of aryl methyl sites for hydroxylation is 1. The summed E-state index contributed by atoms with van der Waals surface area (Å²) >= 11 is 0. The molecule has 1 aromatic heterocycles. The summed E-state index contributed by atoms with van der Waals surface area (Å²) in [5, 5.41) is 0.995. The van der Waals surface area contributed by atoms with Crippen LogP contribution in [0.4, 0.5) is 0 Å². The van der Waals surface area contributed by atoms with Crippen molar-refractivity contribution in [1.82, 2.24) is 4.57 Å². The van der Waals surface area contributed by atoms with Crippen LogP contribution in [0.15, 0.2) is 24.4 Å². The molecule has 0 N–H and O–H groups in total. The van der Waals surface area contributed by atoms with Gasteiger partial charge in [0.2, 0.25) is 0 Å². The molecule has 0 saturated carbocycles. The lowest BCUT2D eigenvalue weighted by atomic mass is 10.0. The SMILES string of the molecule is CC(OC=O)c1cn2c3c(cccc13)C(=O)CC2. The van der Waals surface area contributed by atoms with Crippen LogP contribution in [0, 0.1) is 0 Å². The average molecular weight is 243 g/mol. The number of hydrogen-bond acceptors (Lipinski definition) is 3. The minimum absolute atomic E-state index is 0.182. The van der Waals surface area contributed by atoms with E-state index in [0.717, 1.165) is 22.0 Å². The maximum atomic E-state index is 11.9. The second kappa shape index (κ2) is 3.98. The Bertz CT molecular complexity index is 642. The van der Waals surface area contributed by atoms with Crippen molar-refractivity contribution in [3.63, 3.8) is 0 Å². The van der Waals surface area contributed by atoms with Crippen molar-refractivity contribution in [3.8, 4) is 0 Å². The Kier molecular flexibility index (Phi) is 2.44. The summed E-state index contributed by atoms with van der Waals surface area (Å²) in [5.74, 6) is 0.182. The van der Waals surface area contributed by atoms with E-state index in [1.807, 2.05) is 31.3 Å². The summed E-state index contributed by atoms with van der Waals surface area (Å²) in [6, 6.07) is 5.70. The molecule has 1 aliphatic heterocycles. The molecule has 0 amide bonds. The van der Waals surface area contributed by atoms with E-state index in [2.05, 4.69) is 4.57 Å². The number of Topliss-reactive ketones (excluding diaryl/α,β-unsaturated/α-hetero) is 1. The molecule has 0 bridgehead atoms. The van der Waals surface area contributed by atoms with Gasteiger partial charge in [0.1, 0.15) is 6.10 Å². The lowest BCUT2D eigenvalue weighted by Crippen LogP contribution is -2.13. The van der Waals surface area contributed by atoms with Crippen LogP contribution in [-0.2, 0) is 16.1 Å². The molecule has 4 nitrogen and oxygen atoms in total. The lowest BCUT2D eigenvalue weighted by molar-refractivity contribution is -0.133. The number of carbonyl (C=O) groups is 2. The molecule has 0 radical (unpaired) electrons. The van der Waals surface area contributed by atoms with Crippen LogP contribution in [0.2, 0.25) is 0 Å². The maximum absolute atomic E-state index is 11.9. The third-order valence-corrected chi connectivity index (χ3v) is 3.51. The van der Waals surface area contributed by atoms with Crippen LogP contribution in [0.3, 0.4) is 0 Å². The maximum Gasteiger partial charge on any atom is 0.293 e. The van der Waals surface area contributed by atoms with Gasteiger partial charge in [-0.3, -0.25) is 9.59 Å². The van der Waals surface area contributed by atoms with Crippen molar-refractivity contribution >= 4 is 23.2 Å². The van der Waals surface area contributed by atoms with Crippen molar-refractivity contribution in [1.29, 1.82) is 0 Å². The van der Waals surface area contributed by atoms with Gasteiger partial charge in [0.25, 0.3) is 6.47 Å². The molecule has 0 aliphatic carbocycles. The normalized spacial score (nSPS) is 15.7. The van der Waals surface area contributed by atoms with Crippen LogP contribution in [0.1, 0.15) is 35.4 Å². The van der Waals surface area contributed by atoms with Gasteiger partial charge < -0.3 is 9.30 Å². The Morgan fingerprint density at radius 1 is 1.44 bits per heavy atom. The lowest BCUT2D eigenvalue weighted by Gasteiger charge is -2.13. The molecule has 0 fully saturated rings. The Morgan fingerprint density at radius 3 is 3.06 bits per heavy atom. The number of carbonyl (C=O) groups excluding carboxylic acids is 2. The summed E-state index contributed by atoms with van der Waals surface area (Å²) in [5.41, 5.74) is 2.68. The van der Waals surface area contributed by atoms with Gasteiger partial charge in [-0.25, -0.2) is 0 Å². The fraction of sp³-hybridized carbons (Fsp3) is 0.286. The van der Waals surface area contributed by atoms with Crippen LogP contribution in [-0.4, -0.2) is 16.8 Å². The Morgan fingerprint density at radius 2 is 2.28 bits per heavy atom. The number of nitrogens with zero attached hydrogens (tertiary/aromatic N) is 1. The molecule has 92 valence electrons. The number of hydrogen-bond donors (Lipinski definition) is 0. The van der Waals surface area contributed by atoms with Crippen molar-refractivity contribution in [2.75, 3.05) is 0 Å². The molecular weight excluding hydrogens is 230 g/mol. The first kappa shape index (κ1) is 11.0. The van der Waals surface area contributed by atoms with E-state index in [-0.39, 0.29) is 11.9 Å². The molecule has 1 aliphatic rings. The van der Waals surface area contributed by atoms with Gasteiger partial charge in [0.05, 0.1) is 5.52 Å². The molecule has 2 aromatic rings. The molecular formula is C14H13NO3. The van der Waals surface area contributed by atoms with Crippen LogP contribution < -0.4 is 0 Å². The molecule has 0 saturated heterocycles. The van der Waals surface area contributed by atoms with Crippen molar-refractivity contribution in [3.05, 3.63) is 35.5 Å². The summed E-state index contributed by atoms with van der Waals surface area (Å²) in [7, 11) is 0. The van der Waals surface area contributed by atoms with Crippen molar-refractivity contribution in [2.24, 2.45) is 0 Å². The van der Waals surface area contributed by atoms with Crippen LogP contribution in [0.5, 0.6) is 0 Å². The third kappa shape index (κ3) is 1.45. The average Bonchev–Trinajstić information content (AvgIpc) is 2.75. The monoisotopic (exact) mass is 243 g/mol. The number of ketones is 1. The molecule has 4 heteroatoms. The second-order valence-electron chi connectivity index (χ2n) is 4.53. The highest BCUT2D eigenvalue weighted by atomic mass is 16.5. The quantitative estimate of drug-likeness (QED) is 0.778. The zero-order chi connectivity index (χ0) is 12.7. The van der Waals surface area contributed by atoms with Crippen LogP contribution in [0.25, 0.3) is 10.9 Å². The number of benzene rings is 1. The summed E-state index contributed by atoms with van der Waals surface area (Å²) in [6.07, 6.45) is 2.22. The summed E-state index contributed by atoms with van der Waals surface area (Å²) < 4.78 is 7.08. The highest BCUT2D eigenvalue weighted by Gasteiger charge is 2.23. The Hall–Kier alpha value is -2.10. The van der Waals surface area contributed by atoms with E-state index in [9.17, 15) is 9.59 Å². The summed E-state index contributed by atoms with van der Waals surface area (Å²) in [6.45, 7) is 2.99. The topological polar surface area (TPSA) is 48.3 Å².